The van der Waals surface area contributed by atoms with Crippen LogP contribution in [0, 0.1) is 10.1 Å². The molecule has 0 saturated heterocycles. The van der Waals surface area contributed by atoms with Crippen molar-refractivity contribution >= 4 is 34.4 Å². The third-order valence-corrected chi connectivity index (χ3v) is 3.89. The molecule has 2 aromatic rings. The lowest BCUT2D eigenvalue weighted by atomic mass is 9.85. The standard InChI is InChI=1S/C16H8ClNO5/c17-14-13(8-4-1-2-6-10(8)18(22)23)16(21)12-9(15(14)20)5-3-7-11(12)19/h1-7,19H. The molecule has 1 aliphatic rings. The summed E-state index contributed by atoms with van der Waals surface area (Å²) >= 11 is 6.02. The van der Waals surface area contributed by atoms with Crippen LogP contribution in [0.1, 0.15) is 26.3 Å². The molecule has 0 radical (unpaired) electrons. The SMILES string of the molecule is O=C1C(Cl)=C(c2ccccc2[N+](=O)[O-])C(=O)c2c(O)cccc21. The molecule has 0 saturated carbocycles. The number of nitro benzene ring substituents is 1. The van der Waals surface area contributed by atoms with Crippen LogP contribution in [-0.2, 0) is 0 Å². The molecule has 0 unspecified atom stereocenters. The second kappa shape index (κ2) is 5.33. The number of ketones is 2. The van der Waals surface area contributed by atoms with E-state index in [2.05, 4.69) is 0 Å². The van der Waals surface area contributed by atoms with Gasteiger partial charge >= 0.3 is 0 Å². The number of phenolic OH excluding ortho intramolecular Hbond substituents is 1. The van der Waals surface area contributed by atoms with Gasteiger partial charge in [0, 0.05) is 11.6 Å². The van der Waals surface area contributed by atoms with Gasteiger partial charge in [-0.3, -0.25) is 19.7 Å². The number of benzene rings is 2. The van der Waals surface area contributed by atoms with Gasteiger partial charge in [0.2, 0.25) is 5.78 Å². The monoisotopic (exact) mass is 329 g/mol. The number of fused-ring (bicyclic) bond motifs is 1. The van der Waals surface area contributed by atoms with Crippen molar-refractivity contribution in [2.24, 2.45) is 0 Å². The van der Waals surface area contributed by atoms with Crippen molar-refractivity contribution in [1.29, 1.82) is 0 Å². The average Bonchev–Trinajstić information content (AvgIpc) is 2.53. The number of Topliss-reactive ketones (excluding diaryl/α,β-unsaturated/α-hetero) is 2. The maximum atomic E-state index is 12.7. The minimum absolute atomic E-state index is 0.0256. The van der Waals surface area contributed by atoms with Crippen molar-refractivity contribution < 1.29 is 19.6 Å². The lowest BCUT2D eigenvalue weighted by molar-refractivity contribution is -0.385. The molecule has 1 aliphatic carbocycles. The molecule has 0 amide bonds. The number of nitro groups is 1. The predicted molar refractivity (Wildman–Crippen MR) is 82.6 cm³/mol. The van der Waals surface area contributed by atoms with E-state index >= 15 is 0 Å². The number of phenols is 1. The van der Waals surface area contributed by atoms with E-state index in [-0.39, 0.29) is 33.7 Å². The summed E-state index contributed by atoms with van der Waals surface area (Å²) in [4.78, 5) is 35.6. The van der Waals surface area contributed by atoms with Gasteiger partial charge < -0.3 is 5.11 Å². The van der Waals surface area contributed by atoms with E-state index in [1.165, 1.54) is 42.5 Å². The van der Waals surface area contributed by atoms with Gasteiger partial charge in [0.05, 0.1) is 21.6 Å². The summed E-state index contributed by atoms with van der Waals surface area (Å²) in [6.45, 7) is 0. The van der Waals surface area contributed by atoms with Gasteiger partial charge in [0.1, 0.15) is 10.8 Å². The van der Waals surface area contributed by atoms with Crippen LogP contribution in [0.4, 0.5) is 5.69 Å². The smallest absolute Gasteiger partial charge is 0.277 e. The Morgan fingerprint density at radius 3 is 2.30 bits per heavy atom. The van der Waals surface area contributed by atoms with Crippen molar-refractivity contribution in [3.8, 4) is 5.75 Å². The van der Waals surface area contributed by atoms with Crippen LogP contribution in [-0.4, -0.2) is 21.6 Å². The molecule has 0 aliphatic heterocycles. The van der Waals surface area contributed by atoms with Crippen molar-refractivity contribution in [2.75, 3.05) is 0 Å². The number of carbonyl (C=O) groups excluding carboxylic acids is 2. The maximum Gasteiger partial charge on any atom is 0.277 e. The van der Waals surface area contributed by atoms with Crippen LogP contribution in [0.5, 0.6) is 5.75 Å². The third-order valence-electron chi connectivity index (χ3n) is 3.53. The Balaban J connectivity index is 2.32. The number of aromatic hydroxyl groups is 1. The number of hydrogen-bond donors (Lipinski definition) is 1. The largest absolute Gasteiger partial charge is 0.507 e. The fourth-order valence-corrected chi connectivity index (χ4v) is 2.80. The first kappa shape index (κ1) is 14.9. The quantitative estimate of drug-likeness (QED) is 0.673. The van der Waals surface area contributed by atoms with Crippen molar-refractivity contribution in [2.45, 2.75) is 0 Å². The average molecular weight is 330 g/mol. The van der Waals surface area contributed by atoms with Crippen LogP contribution in [0.25, 0.3) is 5.57 Å². The number of para-hydroxylation sites is 1. The highest BCUT2D eigenvalue weighted by Gasteiger charge is 2.36. The molecule has 0 fully saturated rings. The Hall–Kier alpha value is -2.99. The molecule has 6 nitrogen and oxygen atoms in total. The second-order valence-electron chi connectivity index (χ2n) is 4.82. The minimum atomic E-state index is -0.725. The summed E-state index contributed by atoms with van der Waals surface area (Å²) in [5.74, 6) is -1.76. The first-order valence-electron chi connectivity index (χ1n) is 6.48. The van der Waals surface area contributed by atoms with Crippen LogP contribution >= 0.6 is 11.6 Å². The summed E-state index contributed by atoms with van der Waals surface area (Å²) in [6.07, 6.45) is 0. The lowest BCUT2D eigenvalue weighted by Gasteiger charge is -2.18. The van der Waals surface area contributed by atoms with Crippen molar-refractivity contribution in [1.82, 2.24) is 0 Å². The van der Waals surface area contributed by atoms with Crippen LogP contribution in [0.15, 0.2) is 47.5 Å². The molecule has 0 spiro atoms. The lowest BCUT2D eigenvalue weighted by Crippen LogP contribution is -2.20. The van der Waals surface area contributed by atoms with E-state index < -0.39 is 21.5 Å². The van der Waals surface area contributed by atoms with Gasteiger partial charge in [0.25, 0.3) is 5.69 Å². The number of allylic oxidation sites excluding steroid dienone is 2. The topological polar surface area (TPSA) is 97.5 Å². The number of nitrogens with zero attached hydrogens (tertiary/aromatic N) is 1. The first-order valence-corrected chi connectivity index (χ1v) is 6.86. The predicted octanol–water partition coefficient (Wildman–Crippen LogP) is 3.33. The van der Waals surface area contributed by atoms with Gasteiger partial charge in [-0.1, -0.05) is 29.8 Å². The third kappa shape index (κ3) is 2.20. The summed E-state index contributed by atoms with van der Waals surface area (Å²) in [7, 11) is 0. The number of halogens is 1. The Morgan fingerprint density at radius 2 is 1.61 bits per heavy atom. The van der Waals surface area contributed by atoms with Crippen LogP contribution in [0.2, 0.25) is 0 Å². The van der Waals surface area contributed by atoms with E-state index in [0.717, 1.165) is 0 Å². The van der Waals surface area contributed by atoms with Gasteiger partial charge in [-0.25, -0.2) is 0 Å². The van der Waals surface area contributed by atoms with E-state index in [9.17, 15) is 24.8 Å². The molecular weight excluding hydrogens is 322 g/mol. The van der Waals surface area contributed by atoms with Crippen LogP contribution in [0.3, 0.4) is 0 Å². The fraction of sp³-hybridized carbons (Fsp3) is 0. The van der Waals surface area contributed by atoms with E-state index in [0.29, 0.717) is 0 Å². The van der Waals surface area contributed by atoms with Crippen molar-refractivity contribution in [3.63, 3.8) is 0 Å². The molecule has 0 aromatic heterocycles. The molecule has 3 rings (SSSR count). The summed E-state index contributed by atoms with van der Waals surface area (Å²) in [5.41, 5.74) is -0.911. The van der Waals surface area contributed by atoms with E-state index in [4.69, 9.17) is 11.6 Å². The summed E-state index contributed by atoms with van der Waals surface area (Å²) in [6, 6.07) is 9.54. The summed E-state index contributed by atoms with van der Waals surface area (Å²) in [5, 5.41) is 20.7. The highest BCUT2D eigenvalue weighted by atomic mass is 35.5. The Kier molecular flexibility index (Phi) is 3.46. The highest BCUT2D eigenvalue weighted by Crippen LogP contribution is 2.40. The molecule has 0 bridgehead atoms. The first-order chi connectivity index (χ1) is 10.9. The second-order valence-corrected chi connectivity index (χ2v) is 5.20. The van der Waals surface area contributed by atoms with Gasteiger partial charge in [-0.2, -0.15) is 0 Å². The molecule has 23 heavy (non-hydrogen) atoms. The Labute approximate surface area is 134 Å². The number of carbonyl (C=O) groups is 2. The zero-order valence-corrected chi connectivity index (χ0v) is 12.2. The molecule has 7 heteroatoms. The Bertz CT molecular complexity index is 916. The maximum absolute atomic E-state index is 12.7. The summed E-state index contributed by atoms with van der Waals surface area (Å²) < 4.78 is 0. The van der Waals surface area contributed by atoms with Crippen LogP contribution < -0.4 is 0 Å². The van der Waals surface area contributed by atoms with Gasteiger partial charge in [0.15, 0.2) is 5.78 Å². The number of rotatable bonds is 2. The molecular formula is C16H8ClNO5. The van der Waals surface area contributed by atoms with Crippen molar-refractivity contribution in [3.05, 3.63) is 74.3 Å². The molecule has 0 atom stereocenters. The highest BCUT2D eigenvalue weighted by molar-refractivity contribution is 6.57. The molecule has 2 aromatic carbocycles. The fourth-order valence-electron chi connectivity index (χ4n) is 2.51. The Morgan fingerprint density at radius 1 is 0.957 bits per heavy atom. The molecule has 1 N–H and O–H groups in total. The number of hydrogen-bond acceptors (Lipinski definition) is 5. The van der Waals surface area contributed by atoms with Gasteiger partial charge in [-0.05, 0) is 18.2 Å². The van der Waals surface area contributed by atoms with Gasteiger partial charge in [-0.15, -0.1) is 0 Å². The minimum Gasteiger partial charge on any atom is -0.507 e. The van der Waals surface area contributed by atoms with E-state index in [1.54, 1.807) is 0 Å². The molecule has 0 heterocycles. The molecule has 114 valence electrons. The van der Waals surface area contributed by atoms with E-state index in [1.807, 2.05) is 0 Å². The zero-order valence-electron chi connectivity index (χ0n) is 11.4. The normalized spacial score (nSPS) is 14.0. The zero-order chi connectivity index (χ0) is 16.7.